The average molecular weight is 318 g/mol. The first-order chi connectivity index (χ1) is 11.3. The highest BCUT2D eigenvalue weighted by Gasteiger charge is 2.31. The highest BCUT2D eigenvalue weighted by molar-refractivity contribution is 5.77. The normalized spacial score (nSPS) is 25.9. The van der Waals surface area contributed by atoms with Crippen molar-refractivity contribution in [3.8, 4) is 0 Å². The number of amides is 1. The van der Waals surface area contributed by atoms with Crippen LogP contribution in [0.1, 0.15) is 37.4 Å². The number of aromatic nitrogens is 2. The van der Waals surface area contributed by atoms with Crippen LogP contribution < -0.4 is 0 Å². The Morgan fingerprint density at radius 2 is 2.13 bits per heavy atom. The number of nitrogens with zero attached hydrogens (tertiary/aromatic N) is 4. The molecule has 6 nitrogen and oxygen atoms in total. The molecule has 1 amide bonds. The predicted octanol–water partition coefficient (Wildman–Crippen LogP) is 1.29. The predicted molar refractivity (Wildman–Crippen MR) is 85.9 cm³/mol. The highest BCUT2D eigenvalue weighted by atomic mass is 16.5. The van der Waals surface area contributed by atoms with Crippen molar-refractivity contribution in [2.24, 2.45) is 5.92 Å². The van der Waals surface area contributed by atoms with Gasteiger partial charge in [-0.1, -0.05) is 0 Å². The average Bonchev–Trinajstić information content (AvgIpc) is 2.95. The number of carbonyl (C=O) groups is 1. The Bertz CT molecular complexity index is 549. The van der Waals surface area contributed by atoms with Crippen molar-refractivity contribution in [3.05, 3.63) is 18.0 Å². The maximum Gasteiger partial charge on any atom is 0.224 e. The van der Waals surface area contributed by atoms with Gasteiger partial charge in [-0.2, -0.15) is 5.10 Å². The minimum absolute atomic E-state index is 0.182. The molecule has 0 aliphatic carbocycles. The second-order valence-electron chi connectivity index (χ2n) is 7.11. The molecule has 1 aromatic rings. The monoisotopic (exact) mass is 318 g/mol. The molecule has 3 aliphatic heterocycles. The van der Waals surface area contributed by atoms with Gasteiger partial charge in [0.05, 0.1) is 18.2 Å². The number of fused-ring (bicyclic) bond motifs is 1. The fourth-order valence-corrected chi connectivity index (χ4v) is 3.95. The molecule has 4 heterocycles. The van der Waals surface area contributed by atoms with E-state index in [0.29, 0.717) is 6.42 Å². The van der Waals surface area contributed by atoms with Crippen LogP contribution in [-0.2, 0) is 16.1 Å². The summed E-state index contributed by atoms with van der Waals surface area (Å²) in [5, 5.41) is 4.47. The minimum Gasteiger partial charge on any atom is -0.381 e. The van der Waals surface area contributed by atoms with Crippen LogP contribution in [0.25, 0.3) is 0 Å². The fourth-order valence-electron chi connectivity index (χ4n) is 3.95. The van der Waals surface area contributed by atoms with Crippen LogP contribution in [0.5, 0.6) is 0 Å². The molecule has 0 aromatic carbocycles. The van der Waals surface area contributed by atoms with Crippen molar-refractivity contribution in [1.29, 1.82) is 0 Å². The van der Waals surface area contributed by atoms with Gasteiger partial charge in [-0.3, -0.25) is 14.4 Å². The number of likely N-dealkylation sites (tertiary alicyclic amines) is 1. The molecule has 3 aliphatic rings. The highest BCUT2D eigenvalue weighted by Crippen LogP contribution is 2.26. The van der Waals surface area contributed by atoms with E-state index in [9.17, 15) is 4.79 Å². The summed E-state index contributed by atoms with van der Waals surface area (Å²) in [6.45, 7) is 6.66. The third-order valence-corrected chi connectivity index (χ3v) is 5.43. The largest absolute Gasteiger partial charge is 0.381 e. The van der Waals surface area contributed by atoms with Gasteiger partial charge in [0.2, 0.25) is 5.91 Å². The summed E-state index contributed by atoms with van der Waals surface area (Å²) in [6, 6.07) is 2.28. The van der Waals surface area contributed by atoms with E-state index < -0.39 is 0 Å². The summed E-state index contributed by atoms with van der Waals surface area (Å²) in [6.07, 6.45) is 5.92. The molecular formula is C17H26N4O2. The Hall–Kier alpha value is -1.40. The van der Waals surface area contributed by atoms with Crippen LogP contribution in [-0.4, -0.2) is 64.9 Å². The van der Waals surface area contributed by atoms with Crippen LogP contribution in [0.4, 0.5) is 0 Å². The van der Waals surface area contributed by atoms with Gasteiger partial charge in [0.25, 0.3) is 0 Å². The zero-order valence-corrected chi connectivity index (χ0v) is 13.7. The Morgan fingerprint density at radius 1 is 1.30 bits per heavy atom. The molecule has 2 fully saturated rings. The lowest BCUT2D eigenvalue weighted by atomic mass is 9.98. The van der Waals surface area contributed by atoms with Gasteiger partial charge in [0.1, 0.15) is 0 Å². The first-order valence-electron chi connectivity index (χ1n) is 8.90. The van der Waals surface area contributed by atoms with Crippen molar-refractivity contribution >= 4 is 5.91 Å². The van der Waals surface area contributed by atoms with E-state index in [4.69, 9.17) is 4.74 Å². The maximum absolute atomic E-state index is 12.4. The second kappa shape index (κ2) is 6.61. The van der Waals surface area contributed by atoms with Gasteiger partial charge >= 0.3 is 0 Å². The minimum atomic E-state index is 0.182. The lowest BCUT2D eigenvalue weighted by Gasteiger charge is -2.38. The molecule has 0 saturated carbocycles. The van der Waals surface area contributed by atoms with E-state index >= 15 is 0 Å². The summed E-state index contributed by atoms with van der Waals surface area (Å²) >= 11 is 0. The van der Waals surface area contributed by atoms with E-state index in [-0.39, 0.29) is 11.9 Å². The Morgan fingerprint density at radius 3 is 2.87 bits per heavy atom. The fraction of sp³-hybridized carbons (Fsp3) is 0.765. The van der Waals surface area contributed by atoms with Crippen molar-refractivity contribution in [1.82, 2.24) is 19.6 Å². The van der Waals surface area contributed by atoms with Crippen LogP contribution >= 0.6 is 0 Å². The van der Waals surface area contributed by atoms with Gasteiger partial charge in [-0.25, -0.2) is 0 Å². The maximum atomic E-state index is 12.4. The zero-order chi connectivity index (χ0) is 15.6. The van der Waals surface area contributed by atoms with Gasteiger partial charge in [-0.15, -0.1) is 0 Å². The van der Waals surface area contributed by atoms with Crippen LogP contribution in [0, 0.1) is 5.92 Å². The zero-order valence-electron chi connectivity index (χ0n) is 13.7. The third-order valence-electron chi connectivity index (χ3n) is 5.43. The first kappa shape index (κ1) is 15.1. The van der Waals surface area contributed by atoms with Gasteiger partial charge in [0.15, 0.2) is 0 Å². The summed E-state index contributed by atoms with van der Waals surface area (Å²) in [5.74, 6) is 1.01. The van der Waals surface area contributed by atoms with E-state index in [1.165, 1.54) is 5.69 Å². The van der Waals surface area contributed by atoms with Crippen LogP contribution in [0.2, 0.25) is 0 Å². The lowest BCUT2D eigenvalue weighted by Crippen LogP contribution is -2.46. The second-order valence-corrected chi connectivity index (χ2v) is 7.11. The Kier molecular flexibility index (Phi) is 4.35. The smallest absolute Gasteiger partial charge is 0.224 e. The summed E-state index contributed by atoms with van der Waals surface area (Å²) in [7, 11) is 0. The molecule has 0 N–H and O–H groups in total. The molecule has 2 saturated heterocycles. The van der Waals surface area contributed by atoms with Crippen molar-refractivity contribution < 1.29 is 9.53 Å². The van der Waals surface area contributed by atoms with Crippen molar-refractivity contribution in [2.45, 2.75) is 38.3 Å². The number of hydrogen-bond acceptors (Lipinski definition) is 4. The van der Waals surface area contributed by atoms with Gasteiger partial charge < -0.3 is 9.64 Å². The SMILES string of the molecule is O=C(CC1CN(CC2CCOCC2)Cc2ccnn21)N1CCC1. The van der Waals surface area contributed by atoms with Crippen LogP contribution in [0.3, 0.4) is 0 Å². The molecule has 1 aromatic heterocycles. The molecule has 1 atom stereocenters. The third kappa shape index (κ3) is 3.28. The van der Waals surface area contributed by atoms with Crippen molar-refractivity contribution in [2.75, 3.05) is 39.4 Å². The first-order valence-corrected chi connectivity index (χ1v) is 8.90. The molecule has 0 spiro atoms. The Labute approximate surface area is 137 Å². The number of hydrogen-bond donors (Lipinski definition) is 0. The molecule has 23 heavy (non-hydrogen) atoms. The molecular weight excluding hydrogens is 292 g/mol. The summed E-state index contributed by atoms with van der Waals surface area (Å²) in [5.41, 5.74) is 1.24. The van der Waals surface area contributed by atoms with E-state index in [2.05, 4.69) is 20.7 Å². The topological polar surface area (TPSA) is 50.6 Å². The molecule has 0 bridgehead atoms. The molecule has 126 valence electrons. The van der Waals surface area contributed by atoms with E-state index in [0.717, 1.165) is 71.1 Å². The number of rotatable bonds is 4. The summed E-state index contributed by atoms with van der Waals surface area (Å²) in [4.78, 5) is 16.9. The molecule has 4 rings (SSSR count). The molecule has 6 heteroatoms. The van der Waals surface area contributed by atoms with Crippen LogP contribution in [0.15, 0.2) is 12.3 Å². The van der Waals surface area contributed by atoms with Crippen molar-refractivity contribution in [3.63, 3.8) is 0 Å². The summed E-state index contributed by atoms with van der Waals surface area (Å²) < 4.78 is 7.55. The van der Waals surface area contributed by atoms with E-state index in [1.54, 1.807) is 0 Å². The van der Waals surface area contributed by atoms with Gasteiger partial charge in [0, 0.05) is 52.1 Å². The number of ether oxygens (including phenoxy) is 1. The quantitative estimate of drug-likeness (QED) is 0.839. The lowest BCUT2D eigenvalue weighted by molar-refractivity contribution is -0.135. The molecule has 0 radical (unpaired) electrons. The number of carbonyl (C=O) groups excluding carboxylic acids is 1. The standard InChI is InChI=1S/C17H26N4O2/c22-17(20-6-1-7-20)10-16-13-19(11-14-3-8-23-9-4-14)12-15-2-5-18-21(15)16/h2,5,14,16H,1,3-4,6-13H2. The van der Waals surface area contributed by atoms with E-state index in [1.807, 2.05) is 11.1 Å². The van der Waals surface area contributed by atoms with Gasteiger partial charge in [-0.05, 0) is 31.2 Å². The molecule has 1 unspecified atom stereocenters. The Balaban J connectivity index is 1.42.